The van der Waals surface area contributed by atoms with Crippen molar-refractivity contribution in [2.45, 2.75) is 6.92 Å². The molecule has 1 aliphatic carbocycles. The molecule has 0 fully saturated rings. The lowest BCUT2D eigenvalue weighted by molar-refractivity contribution is 0.557. The first-order valence-corrected chi connectivity index (χ1v) is 3.22. The highest BCUT2D eigenvalue weighted by Gasteiger charge is 2.03. The molecule has 0 N–H and O–H groups in total. The highest BCUT2D eigenvalue weighted by molar-refractivity contribution is 5.61. The maximum absolute atomic E-state index is 5.11. The van der Waals surface area contributed by atoms with Crippen molar-refractivity contribution in [2.24, 2.45) is 0 Å². The van der Waals surface area contributed by atoms with Crippen LogP contribution in [0.5, 0.6) is 0 Å². The molecular formula is C9H7O. The maximum Gasteiger partial charge on any atom is 0.169 e. The summed E-state index contributed by atoms with van der Waals surface area (Å²) in [5, 5.41) is 0. The molecule has 2 aliphatic rings. The maximum atomic E-state index is 5.11. The third kappa shape index (κ3) is 0.711. The summed E-state index contributed by atoms with van der Waals surface area (Å²) in [6.45, 7) is 2.05. The molecule has 0 aromatic heterocycles. The average Bonchev–Trinajstić information content (AvgIpc) is 2.27. The van der Waals surface area contributed by atoms with Crippen LogP contribution in [0.1, 0.15) is 5.56 Å². The molecule has 1 heteroatoms. The van der Waals surface area contributed by atoms with E-state index in [9.17, 15) is 0 Å². The molecule has 1 heterocycles. The van der Waals surface area contributed by atoms with E-state index in [0.717, 1.165) is 11.3 Å². The molecule has 1 aliphatic heterocycles. The minimum Gasteiger partial charge on any atom is -0.453 e. The van der Waals surface area contributed by atoms with Crippen molar-refractivity contribution >= 4 is 0 Å². The second-order valence-electron chi connectivity index (χ2n) is 2.41. The van der Waals surface area contributed by atoms with Gasteiger partial charge in [-0.25, -0.2) is 0 Å². The predicted molar refractivity (Wildman–Crippen MR) is 38.9 cm³/mol. The van der Waals surface area contributed by atoms with Gasteiger partial charge < -0.3 is 4.42 Å². The molecule has 1 nitrogen and oxygen atoms in total. The van der Waals surface area contributed by atoms with Gasteiger partial charge in [0.25, 0.3) is 0 Å². The topological polar surface area (TPSA) is 13.1 Å². The lowest BCUT2D eigenvalue weighted by atomic mass is 10.3. The fraction of sp³-hybridized carbons (Fsp3) is 0.111. The second-order valence-corrected chi connectivity index (χ2v) is 2.41. The van der Waals surface area contributed by atoms with Gasteiger partial charge in [0.15, 0.2) is 6.26 Å². The van der Waals surface area contributed by atoms with Crippen molar-refractivity contribution < 1.29 is 4.42 Å². The van der Waals surface area contributed by atoms with E-state index >= 15 is 0 Å². The van der Waals surface area contributed by atoms with Gasteiger partial charge in [-0.05, 0) is 36.8 Å². The monoisotopic (exact) mass is 131 g/mol. The summed E-state index contributed by atoms with van der Waals surface area (Å²) in [6, 6.07) is 7.87. The van der Waals surface area contributed by atoms with Crippen LogP contribution in [0, 0.1) is 13.2 Å². The van der Waals surface area contributed by atoms with Crippen molar-refractivity contribution in [2.75, 3.05) is 0 Å². The van der Waals surface area contributed by atoms with E-state index in [0.29, 0.717) is 0 Å². The van der Waals surface area contributed by atoms with E-state index in [-0.39, 0.29) is 0 Å². The Bertz CT molecular complexity index is 279. The Morgan fingerprint density at radius 3 is 3.10 bits per heavy atom. The van der Waals surface area contributed by atoms with Crippen molar-refractivity contribution in [3.05, 3.63) is 36.1 Å². The normalized spacial score (nSPS) is 10.5. The summed E-state index contributed by atoms with van der Waals surface area (Å²) in [5.41, 5.74) is 2.38. The van der Waals surface area contributed by atoms with E-state index in [1.54, 1.807) is 6.07 Å². The summed E-state index contributed by atoms with van der Waals surface area (Å²) in [7, 11) is 0. The van der Waals surface area contributed by atoms with Gasteiger partial charge in [0, 0.05) is 5.56 Å². The van der Waals surface area contributed by atoms with Crippen molar-refractivity contribution in [3.8, 4) is 11.3 Å². The Morgan fingerprint density at radius 2 is 2.30 bits per heavy atom. The SMILES string of the molecule is Cc1cc2cc[c]oc-2c1. The largest absolute Gasteiger partial charge is 0.453 e. The molecule has 0 atom stereocenters. The standard InChI is InChI=1S/C9H7O/c1-7-5-8-3-2-4-10-9(8)6-7/h2-3,5-6H,1H3. The molecule has 0 unspecified atom stereocenters. The zero-order chi connectivity index (χ0) is 6.97. The molecule has 0 saturated heterocycles. The first kappa shape index (κ1) is 5.54. The summed E-state index contributed by atoms with van der Waals surface area (Å²) in [6.07, 6.45) is 2.67. The van der Waals surface area contributed by atoms with Crippen LogP contribution < -0.4 is 0 Å². The van der Waals surface area contributed by atoms with E-state index < -0.39 is 0 Å². The number of hydrogen-bond donors (Lipinski definition) is 0. The van der Waals surface area contributed by atoms with Gasteiger partial charge in [-0.3, -0.25) is 0 Å². The Kier molecular flexibility index (Phi) is 1.04. The van der Waals surface area contributed by atoms with Gasteiger partial charge >= 0.3 is 0 Å². The molecule has 2 rings (SSSR count). The number of aryl methyl sites for hydroxylation is 1. The number of rotatable bonds is 0. The Labute approximate surface area is 59.6 Å². The van der Waals surface area contributed by atoms with Crippen molar-refractivity contribution in [3.63, 3.8) is 0 Å². The summed E-state index contributed by atoms with van der Waals surface area (Å²) in [4.78, 5) is 0. The molecule has 10 heavy (non-hydrogen) atoms. The van der Waals surface area contributed by atoms with Gasteiger partial charge in [-0.1, -0.05) is 0 Å². The molecule has 0 aromatic rings. The van der Waals surface area contributed by atoms with Crippen LogP contribution in [-0.2, 0) is 0 Å². The van der Waals surface area contributed by atoms with Gasteiger partial charge in [0.05, 0.1) is 0 Å². The molecular weight excluding hydrogens is 124 g/mol. The van der Waals surface area contributed by atoms with Gasteiger partial charge in [-0.2, -0.15) is 0 Å². The zero-order valence-electron chi connectivity index (χ0n) is 5.72. The molecule has 49 valence electrons. The second kappa shape index (κ2) is 1.87. The van der Waals surface area contributed by atoms with Crippen LogP contribution >= 0.6 is 0 Å². The van der Waals surface area contributed by atoms with Crippen LogP contribution in [0.15, 0.2) is 28.7 Å². The molecule has 0 saturated carbocycles. The molecule has 0 amide bonds. The van der Waals surface area contributed by atoms with E-state index in [2.05, 4.69) is 19.3 Å². The fourth-order valence-corrected chi connectivity index (χ4v) is 1.09. The summed E-state index contributed by atoms with van der Waals surface area (Å²) >= 11 is 0. The highest BCUT2D eigenvalue weighted by Crippen LogP contribution is 2.24. The van der Waals surface area contributed by atoms with Crippen LogP contribution in [-0.4, -0.2) is 0 Å². The fourth-order valence-electron chi connectivity index (χ4n) is 1.09. The summed E-state index contributed by atoms with van der Waals surface area (Å²) < 4.78 is 5.11. The lowest BCUT2D eigenvalue weighted by Gasteiger charge is -1.91. The third-order valence-corrected chi connectivity index (χ3v) is 1.53. The number of fused-ring (bicyclic) bond motifs is 1. The third-order valence-electron chi connectivity index (χ3n) is 1.53. The summed E-state index contributed by atoms with van der Waals surface area (Å²) in [5.74, 6) is 0.917. The van der Waals surface area contributed by atoms with Crippen molar-refractivity contribution in [1.29, 1.82) is 0 Å². The predicted octanol–water partition coefficient (Wildman–Crippen LogP) is 2.49. The number of hydrogen-bond acceptors (Lipinski definition) is 1. The highest BCUT2D eigenvalue weighted by atomic mass is 16.3. The van der Waals surface area contributed by atoms with Crippen LogP contribution in [0.25, 0.3) is 11.3 Å². The van der Waals surface area contributed by atoms with Gasteiger partial charge in [0.1, 0.15) is 5.76 Å². The van der Waals surface area contributed by atoms with Gasteiger partial charge in [0.2, 0.25) is 0 Å². The van der Waals surface area contributed by atoms with Gasteiger partial charge in [-0.15, -0.1) is 0 Å². The van der Waals surface area contributed by atoms with E-state index in [1.807, 2.05) is 12.1 Å². The Balaban J connectivity index is 2.76. The minimum absolute atomic E-state index is 0.917. The minimum atomic E-state index is 0.917. The molecule has 0 aromatic carbocycles. The van der Waals surface area contributed by atoms with Crippen molar-refractivity contribution in [1.82, 2.24) is 0 Å². The van der Waals surface area contributed by atoms with E-state index in [1.165, 1.54) is 5.56 Å². The zero-order valence-corrected chi connectivity index (χ0v) is 5.72. The van der Waals surface area contributed by atoms with Crippen LogP contribution in [0.4, 0.5) is 0 Å². The molecule has 0 bridgehead atoms. The lowest BCUT2D eigenvalue weighted by Crippen LogP contribution is -1.67. The first-order valence-electron chi connectivity index (χ1n) is 3.22. The Hall–Kier alpha value is -1.24. The quantitative estimate of drug-likeness (QED) is 0.535. The average molecular weight is 131 g/mol. The van der Waals surface area contributed by atoms with Crippen LogP contribution in [0.3, 0.4) is 0 Å². The molecule has 1 radical (unpaired) electrons. The van der Waals surface area contributed by atoms with E-state index in [4.69, 9.17) is 4.42 Å². The smallest absolute Gasteiger partial charge is 0.169 e. The van der Waals surface area contributed by atoms with Crippen LogP contribution in [0.2, 0.25) is 0 Å². The Morgan fingerprint density at radius 1 is 1.40 bits per heavy atom. The first-order chi connectivity index (χ1) is 4.86. The molecule has 0 spiro atoms.